The van der Waals surface area contributed by atoms with Gasteiger partial charge in [0.2, 0.25) is 0 Å². The van der Waals surface area contributed by atoms with Crippen molar-refractivity contribution in [2.75, 3.05) is 27.2 Å². The van der Waals surface area contributed by atoms with Crippen molar-refractivity contribution < 1.29 is 52.0 Å². The topological polar surface area (TPSA) is 136 Å². The van der Waals surface area contributed by atoms with Gasteiger partial charge in [0.05, 0.1) is 27.2 Å². The standard InChI is InChI=1S/C7H16N.B5H4O10/c1-8(2)6-4-3-5-7-8;6-1-10-2(7)13-5(12-1)14-3(8)11-4(9)15-5/h3-7H2,1-2H3;6-9H/q+1;-1. The molecule has 23 heavy (non-hydrogen) atoms. The quantitative estimate of drug-likeness (QED) is 0.264. The third-order valence-electron chi connectivity index (χ3n) is 3.62. The summed E-state index contributed by atoms with van der Waals surface area (Å²) in [6.45, 7) is -0.433. The molecule has 3 aliphatic rings. The van der Waals surface area contributed by atoms with Crippen LogP contribution in [0.25, 0.3) is 0 Å². The molecule has 0 radical (unpaired) electrons. The lowest BCUT2D eigenvalue weighted by Gasteiger charge is -2.49. The monoisotopic (exact) mass is 333 g/mol. The average molecular weight is 332 g/mol. The van der Waals surface area contributed by atoms with Gasteiger partial charge in [-0.15, -0.1) is 0 Å². The molecule has 0 aromatic carbocycles. The van der Waals surface area contributed by atoms with Crippen LogP contribution in [0.5, 0.6) is 0 Å². The van der Waals surface area contributed by atoms with Gasteiger partial charge in [0.25, 0.3) is 0 Å². The summed E-state index contributed by atoms with van der Waals surface area (Å²) < 4.78 is 27.6. The molecule has 3 heterocycles. The molecule has 0 saturated carbocycles. The van der Waals surface area contributed by atoms with Crippen molar-refractivity contribution in [1.29, 1.82) is 0 Å². The van der Waals surface area contributed by atoms with Crippen LogP contribution in [0.15, 0.2) is 0 Å². The SMILES string of the molecule is C[N+]1(C)CCCCC1.OB1OB(O)O[B-]2(O1)OB(O)OB(O)O2. The molecule has 0 aromatic rings. The second-order valence-corrected chi connectivity index (χ2v) is 6.07. The lowest BCUT2D eigenvalue weighted by molar-refractivity contribution is -0.894. The molecule has 3 saturated heterocycles. The van der Waals surface area contributed by atoms with Gasteiger partial charge in [-0.05, 0) is 19.3 Å². The maximum absolute atomic E-state index is 8.94. The Morgan fingerprint density at radius 2 is 1.04 bits per heavy atom. The smallest absolute Gasteiger partial charge is 0.539 e. The fourth-order valence-electron chi connectivity index (χ4n) is 2.46. The Morgan fingerprint density at radius 1 is 0.696 bits per heavy atom. The zero-order valence-corrected chi connectivity index (χ0v) is 13.1. The molecular weight excluding hydrogens is 312 g/mol. The third-order valence-corrected chi connectivity index (χ3v) is 3.62. The van der Waals surface area contributed by atoms with Crippen LogP contribution in [-0.4, -0.2) is 88.0 Å². The second kappa shape index (κ2) is 7.84. The van der Waals surface area contributed by atoms with Crippen molar-refractivity contribution in [2.45, 2.75) is 19.3 Å². The van der Waals surface area contributed by atoms with E-state index in [-0.39, 0.29) is 0 Å². The molecule has 0 aromatic heterocycles. The lowest BCUT2D eigenvalue weighted by Crippen LogP contribution is -2.69. The summed E-state index contributed by atoms with van der Waals surface area (Å²) in [6.07, 6.45) is 4.34. The Kier molecular flexibility index (Phi) is 6.55. The fraction of sp³-hybridized carbons (Fsp3) is 1.00. The van der Waals surface area contributed by atoms with E-state index in [0.717, 1.165) is 0 Å². The van der Waals surface area contributed by atoms with Crippen LogP contribution in [-0.2, 0) is 27.4 Å². The molecule has 3 aliphatic heterocycles. The summed E-state index contributed by atoms with van der Waals surface area (Å²) in [5.74, 6) is 0. The molecule has 0 atom stereocenters. The van der Waals surface area contributed by atoms with Crippen LogP contribution in [0.3, 0.4) is 0 Å². The average Bonchev–Trinajstić information content (AvgIpc) is 2.35. The lowest BCUT2D eigenvalue weighted by atomic mass is 9.84. The number of piperidine rings is 1. The van der Waals surface area contributed by atoms with Gasteiger partial charge in [-0.3, -0.25) is 0 Å². The highest BCUT2D eigenvalue weighted by atomic mass is 17.0. The van der Waals surface area contributed by atoms with Crippen LogP contribution in [0.4, 0.5) is 0 Å². The maximum atomic E-state index is 8.94. The van der Waals surface area contributed by atoms with E-state index < -0.39 is 36.2 Å². The first-order valence-corrected chi connectivity index (χ1v) is 7.39. The number of likely N-dealkylation sites (tertiary alicyclic amines) is 1. The van der Waals surface area contributed by atoms with Gasteiger partial charge in [-0.1, -0.05) is 0 Å². The van der Waals surface area contributed by atoms with E-state index in [4.69, 9.17) is 20.1 Å². The first-order chi connectivity index (χ1) is 10.7. The Labute approximate surface area is 135 Å². The molecule has 3 rings (SSSR count). The number of hydrogen-bond acceptors (Lipinski definition) is 10. The molecule has 0 amide bonds. The van der Waals surface area contributed by atoms with Crippen molar-refractivity contribution in [2.24, 2.45) is 0 Å². The van der Waals surface area contributed by atoms with E-state index in [1.807, 2.05) is 0 Å². The minimum absolute atomic E-state index is 1.25. The van der Waals surface area contributed by atoms with Crippen molar-refractivity contribution in [3.05, 3.63) is 0 Å². The summed E-state index contributed by atoms with van der Waals surface area (Å²) in [7, 11) is -2.95. The summed E-state index contributed by atoms with van der Waals surface area (Å²) >= 11 is 0. The van der Waals surface area contributed by atoms with Crippen LogP contribution in [0.1, 0.15) is 19.3 Å². The molecule has 128 valence electrons. The maximum Gasteiger partial charge on any atom is 0.582 e. The first kappa shape index (κ1) is 19.2. The zero-order chi connectivity index (χ0) is 17.1. The zero-order valence-electron chi connectivity index (χ0n) is 13.1. The third kappa shape index (κ3) is 6.03. The Balaban J connectivity index is 0.000000203. The molecule has 11 nitrogen and oxygen atoms in total. The first-order valence-electron chi connectivity index (χ1n) is 7.39. The summed E-state index contributed by atoms with van der Waals surface area (Å²) in [5, 5.41) is 35.7. The molecule has 3 fully saturated rings. The molecule has 1 spiro atoms. The molecular formula is C7H20B5NO10. The van der Waals surface area contributed by atoms with Crippen LogP contribution in [0.2, 0.25) is 0 Å². The molecule has 0 unspecified atom stereocenters. The Bertz CT molecular complexity index is 337. The van der Waals surface area contributed by atoms with Gasteiger partial charge < -0.3 is 52.0 Å². The highest BCUT2D eigenvalue weighted by molar-refractivity contribution is 6.81. The van der Waals surface area contributed by atoms with Gasteiger partial charge >= 0.3 is 36.2 Å². The molecule has 4 N–H and O–H groups in total. The summed E-state index contributed by atoms with van der Waals surface area (Å²) in [5.41, 5.74) is 0. The number of hydrogen-bond donors (Lipinski definition) is 4. The van der Waals surface area contributed by atoms with E-state index >= 15 is 0 Å². The van der Waals surface area contributed by atoms with Gasteiger partial charge in [0, 0.05) is 0 Å². The van der Waals surface area contributed by atoms with Gasteiger partial charge in [-0.25, -0.2) is 0 Å². The van der Waals surface area contributed by atoms with Crippen molar-refractivity contribution >= 4 is 36.2 Å². The van der Waals surface area contributed by atoms with Gasteiger partial charge in [-0.2, -0.15) is 0 Å². The van der Waals surface area contributed by atoms with Crippen LogP contribution < -0.4 is 0 Å². The van der Waals surface area contributed by atoms with Crippen LogP contribution >= 0.6 is 0 Å². The minimum Gasteiger partial charge on any atom is -0.539 e. The fourth-order valence-corrected chi connectivity index (χ4v) is 2.46. The van der Waals surface area contributed by atoms with Crippen LogP contribution in [0, 0.1) is 0 Å². The minimum atomic E-state index is -3.21. The van der Waals surface area contributed by atoms with E-state index in [0.29, 0.717) is 0 Å². The Hall–Kier alpha value is -0.115. The van der Waals surface area contributed by atoms with Crippen molar-refractivity contribution in [1.82, 2.24) is 0 Å². The normalized spacial score (nSPS) is 26.9. The molecule has 0 aliphatic carbocycles. The Morgan fingerprint density at radius 3 is 1.30 bits per heavy atom. The van der Waals surface area contributed by atoms with E-state index in [2.05, 4.69) is 41.5 Å². The molecule has 0 bridgehead atoms. The number of quaternary nitrogens is 1. The summed E-state index contributed by atoms with van der Waals surface area (Å²) in [4.78, 5) is 0. The highest BCUT2D eigenvalue weighted by Gasteiger charge is 2.53. The van der Waals surface area contributed by atoms with Gasteiger partial charge in [0.15, 0.2) is 0 Å². The summed E-state index contributed by atoms with van der Waals surface area (Å²) in [6, 6.07) is 0. The number of nitrogens with zero attached hydrogens (tertiary/aromatic N) is 1. The van der Waals surface area contributed by atoms with E-state index in [1.54, 1.807) is 0 Å². The molecule has 16 heteroatoms. The highest BCUT2D eigenvalue weighted by Crippen LogP contribution is 2.23. The second-order valence-electron chi connectivity index (χ2n) is 6.07. The van der Waals surface area contributed by atoms with E-state index in [1.165, 1.54) is 36.8 Å². The predicted molar refractivity (Wildman–Crippen MR) is 79.8 cm³/mol. The van der Waals surface area contributed by atoms with Crippen molar-refractivity contribution in [3.8, 4) is 0 Å². The van der Waals surface area contributed by atoms with E-state index in [9.17, 15) is 0 Å². The van der Waals surface area contributed by atoms with Gasteiger partial charge in [0.1, 0.15) is 0 Å². The van der Waals surface area contributed by atoms with Crippen molar-refractivity contribution in [3.63, 3.8) is 0 Å². The largest absolute Gasteiger partial charge is 0.582 e. The number of rotatable bonds is 0. The predicted octanol–water partition coefficient (Wildman–Crippen LogP) is -3.30.